The van der Waals surface area contributed by atoms with Crippen LogP contribution in [0, 0.1) is 0 Å². The van der Waals surface area contributed by atoms with Gasteiger partial charge in [-0.1, -0.05) is 12.1 Å². The van der Waals surface area contributed by atoms with Crippen molar-refractivity contribution in [3.63, 3.8) is 0 Å². The van der Waals surface area contributed by atoms with Crippen molar-refractivity contribution in [2.45, 2.75) is 50.9 Å². The third-order valence-electron chi connectivity index (χ3n) is 5.78. The molecule has 0 aliphatic carbocycles. The lowest BCUT2D eigenvalue weighted by molar-refractivity contribution is -0.138. The molecule has 160 valence electrons. The van der Waals surface area contributed by atoms with Crippen molar-refractivity contribution < 1.29 is 22.8 Å². The van der Waals surface area contributed by atoms with Crippen molar-refractivity contribution in [3.05, 3.63) is 53.1 Å². The minimum Gasteiger partial charge on any atom is -0.348 e. The summed E-state index contributed by atoms with van der Waals surface area (Å²) in [4.78, 5) is 31.1. The molecule has 2 aliphatic heterocycles. The average Bonchev–Trinajstić information content (AvgIpc) is 3.17. The van der Waals surface area contributed by atoms with Gasteiger partial charge in [0.25, 0.3) is 11.8 Å². The second kappa shape index (κ2) is 8.12. The molecular weight excluding hydrogens is 397 g/mol. The molecule has 2 amide bonds. The Labute approximate surface area is 172 Å². The molecule has 0 spiro atoms. The Morgan fingerprint density at radius 3 is 2.53 bits per heavy atom. The van der Waals surface area contributed by atoms with E-state index in [-0.39, 0.29) is 17.5 Å². The van der Waals surface area contributed by atoms with Crippen molar-refractivity contribution in [2.75, 3.05) is 13.1 Å². The molecule has 4 rings (SSSR count). The van der Waals surface area contributed by atoms with E-state index in [1.807, 2.05) is 4.57 Å². The number of nitrogens with one attached hydrogen (secondary N) is 1. The lowest BCUT2D eigenvalue weighted by atomic mass is 10.0. The molecule has 1 saturated heterocycles. The zero-order valence-electron chi connectivity index (χ0n) is 16.4. The first kappa shape index (κ1) is 20.4. The normalized spacial score (nSPS) is 17.5. The first-order valence-electron chi connectivity index (χ1n) is 10.2. The lowest BCUT2D eigenvalue weighted by Gasteiger charge is -2.33. The molecule has 0 radical (unpaired) electrons. The van der Waals surface area contributed by atoms with E-state index >= 15 is 0 Å². The number of aryl methyl sites for hydroxylation is 1. The molecule has 9 heteroatoms. The fourth-order valence-electron chi connectivity index (χ4n) is 4.17. The largest absolute Gasteiger partial charge is 0.417 e. The smallest absolute Gasteiger partial charge is 0.348 e. The molecule has 0 atom stereocenters. The Morgan fingerprint density at radius 2 is 1.80 bits per heavy atom. The summed E-state index contributed by atoms with van der Waals surface area (Å²) < 4.78 is 41.6. The highest BCUT2D eigenvalue weighted by atomic mass is 19.4. The SMILES string of the molecule is O=C(NC1CCN(C(=O)c2ccccc2C(F)(F)F)CC1)c1cnc2n1CCCC2. The number of imidazole rings is 1. The molecule has 1 N–H and O–H groups in total. The number of amides is 2. The van der Waals surface area contributed by atoms with Crippen molar-refractivity contribution in [1.82, 2.24) is 19.8 Å². The van der Waals surface area contributed by atoms with E-state index in [1.54, 1.807) is 6.20 Å². The maximum absolute atomic E-state index is 13.2. The molecule has 2 aromatic rings. The Bertz CT molecular complexity index is 946. The molecule has 1 aromatic carbocycles. The molecule has 6 nitrogen and oxygen atoms in total. The summed E-state index contributed by atoms with van der Waals surface area (Å²) in [6, 6.07) is 4.71. The van der Waals surface area contributed by atoms with E-state index in [0.29, 0.717) is 31.6 Å². The van der Waals surface area contributed by atoms with Gasteiger partial charge >= 0.3 is 6.18 Å². The third kappa shape index (κ3) is 4.06. The van der Waals surface area contributed by atoms with Gasteiger partial charge in [0.1, 0.15) is 11.5 Å². The number of carbonyl (C=O) groups excluding carboxylic acids is 2. The average molecular weight is 420 g/mol. The van der Waals surface area contributed by atoms with E-state index in [0.717, 1.165) is 37.7 Å². The van der Waals surface area contributed by atoms with Crippen LogP contribution in [0.25, 0.3) is 0 Å². The first-order valence-corrected chi connectivity index (χ1v) is 10.2. The van der Waals surface area contributed by atoms with Crippen LogP contribution in [0.5, 0.6) is 0 Å². The summed E-state index contributed by atoms with van der Waals surface area (Å²) >= 11 is 0. The predicted octanol–water partition coefficient (Wildman–Crippen LogP) is 3.27. The van der Waals surface area contributed by atoms with Gasteiger partial charge in [-0.3, -0.25) is 9.59 Å². The summed E-state index contributed by atoms with van der Waals surface area (Å²) in [6.07, 6.45) is 0.962. The minimum absolute atomic E-state index is 0.130. The highest BCUT2D eigenvalue weighted by Gasteiger charge is 2.36. The lowest BCUT2D eigenvalue weighted by Crippen LogP contribution is -2.47. The van der Waals surface area contributed by atoms with Crippen LogP contribution in [0.4, 0.5) is 13.2 Å². The number of carbonyl (C=O) groups is 2. The number of likely N-dealkylation sites (tertiary alicyclic amines) is 1. The van der Waals surface area contributed by atoms with Gasteiger partial charge in [0.15, 0.2) is 0 Å². The highest BCUT2D eigenvalue weighted by Crippen LogP contribution is 2.32. The van der Waals surface area contributed by atoms with Crippen molar-refractivity contribution >= 4 is 11.8 Å². The van der Waals surface area contributed by atoms with E-state index in [9.17, 15) is 22.8 Å². The molecule has 2 aliphatic rings. The molecule has 1 fully saturated rings. The van der Waals surface area contributed by atoms with E-state index in [4.69, 9.17) is 0 Å². The number of rotatable bonds is 3. The minimum atomic E-state index is -4.58. The fourth-order valence-corrected chi connectivity index (χ4v) is 4.17. The van der Waals surface area contributed by atoms with Gasteiger partial charge in [-0.05, 0) is 37.8 Å². The van der Waals surface area contributed by atoms with Crippen LogP contribution in [0.15, 0.2) is 30.5 Å². The van der Waals surface area contributed by atoms with Gasteiger partial charge in [-0.2, -0.15) is 13.2 Å². The Hall–Kier alpha value is -2.84. The van der Waals surface area contributed by atoms with Crippen LogP contribution in [-0.2, 0) is 19.1 Å². The highest BCUT2D eigenvalue weighted by molar-refractivity contribution is 5.96. The number of alkyl halides is 3. The van der Waals surface area contributed by atoms with Crippen LogP contribution in [0.1, 0.15) is 57.9 Å². The van der Waals surface area contributed by atoms with Crippen LogP contribution in [0.2, 0.25) is 0 Å². The van der Waals surface area contributed by atoms with Crippen LogP contribution in [0.3, 0.4) is 0 Å². The summed E-state index contributed by atoms with van der Waals surface area (Å²) in [7, 11) is 0. The molecule has 30 heavy (non-hydrogen) atoms. The third-order valence-corrected chi connectivity index (χ3v) is 5.78. The summed E-state index contributed by atoms with van der Waals surface area (Å²) in [6.45, 7) is 1.37. The zero-order valence-corrected chi connectivity index (χ0v) is 16.4. The fraction of sp³-hybridized carbons (Fsp3) is 0.476. The first-order chi connectivity index (χ1) is 14.3. The van der Waals surface area contributed by atoms with E-state index < -0.39 is 17.6 Å². The number of benzene rings is 1. The number of nitrogens with zero attached hydrogens (tertiary/aromatic N) is 3. The van der Waals surface area contributed by atoms with Crippen molar-refractivity contribution in [3.8, 4) is 0 Å². The van der Waals surface area contributed by atoms with Crippen LogP contribution >= 0.6 is 0 Å². The number of aromatic nitrogens is 2. The van der Waals surface area contributed by atoms with Gasteiger partial charge < -0.3 is 14.8 Å². The molecule has 0 unspecified atom stereocenters. The number of hydrogen-bond acceptors (Lipinski definition) is 3. The van der Waals surface area contributed by atoms with E-state index in [1.165, 1.54) is 23.1 Å². The quantitative estimate of drug-likeness (QED) is 0.829. The summed E-state index contributed by atoms with van der Waals surface area (Å²) in [5, 5.41) is 2.99. The van der Waals surface area contributed by atoms with Gasteiger partial charge in [-0.15, -0.1) is 0 Å². The van der Waals surface area contributed by atoms with Gasteiger partial charge in [0, 0.05) is 32.1 Å². The van der Waals surface area contributed by atoms with Gasteiger partial charge in [0.2, 0.25) is 0 Å². The molecule has 3 heterocycles. The van der Waals surface area contributed by atoms with Gasteiger partial charge in [-0.25, -0.2) is 4.98 Å². The number of piperidine rings is 1. The Balaban J connectivity index is 1.37. The van der Waals surface area contributed by atoms with Crippen LogP contribution in [-0.4, -0.2) is 45.4 Å². The summed E-state index contributed by atoms with van der Waals surface area (Å²) in [5.74, 6) is 0.107. The maximum Gasteiger partial charge on any atom is 0.417 e. The standard InChI is InChI=1S/C21H23F3N4O2/c22-21(23,24)16-6-2-1-5-15(16)20(30)27-11-8-14(9-12-27)26-19(29)17-13-25-18-7-3-4-10-28(17)18/h1-2,5-6,13-14H,3-4,7-12H2,(H,26,29). The Kier molecular flexibility index (Phi) is 5.53. The Morgan fingerprint density at radius 1 is 1.07 bits per heavy atom. The van der Waals surface area contributed by atoms with Gasteiger partial charge in [0.05, 0.1) is 17.3 Å². The molecular formula is C21H23F3N4O2. The monoisotopic (exact) mass is 420 g/mol. The van der Waals surface area contributed by atoms with Crippen molar-refractivity contribution in [2.24, 2.45) is 0 Å². The predicted molar refractivity (Wildman–Crippen MR) is 103 cm³/mol. The zero-order chi connectivity index (χ0) is 21.3. The molecule has 1 aromatic heterocycles. The van der Waals surface area contributed by atoms with Crippen LogP contribution < -0.4 is 5.32 Å². The number of halogens is 3. The van der Waals surface area contributed by atoms with E-state index in [2.05, 4.69) is 10.3 Å². The molecule has 0 saturated carbocycles. The summed E-state index contributed by atoms with van der Waals surface area (Å²) in [5.41, 5.74) is -0.711. The second-order valence-corrected chi connectivity index (χ2v) is 7.75. The topological polar surface area (TPSA) is 67.2 Å². The second-order valence-electron chi connectivity index (χ2n) is 7.75. The number of hydrogen-bond donors (Lipinski definition) is 1. The number of fused-ring (bicyclic) bond motifs is 1. The maximum atomic E-state index is 13.2. The van der Waals surface area contributed by atoms with Crippen molar-refractivity contribution in [1.29, 1.82) is 0 Å². The molecule has 0 bridgehead atoms.